The van der Waals surface area contributed by atoms with E-state index >= 15 is 0 Å². The van der Waals surface area contributed by atoms with Crippen LogP contribution >= 0.6 is 15.9 Å². The van der Waals surface area contributed by atoms with Crippen LogP contribution in [0.15, 0.2) is 0 Å². The second-order valence-corrected chi connectivity index (χ2v) is 4.61. The molecule has 0 fully saturated rings. The van der Waals surface area contributed by atoms with Gasteiger partial charge in [0, 0.05) is 11.4 Å². The largest absolute Gasteiger partial charge is 0.409 e. The first-order valence-corrected chi connectivity index (χ1v) is 4.93. The van der Waals surface area contributed by atoms with Crippen LogP contribution in [0.2, 0.25) is 0 Å². The van der Waals surface area contributed by atoms with Crippen molar-refractivity contribution in [3.8, 4) is 0 Å². The van der Waals surface area contributed by atoms with Crippen LogP contribution in [-0.4, -0.2) is 29.6 Å². The summed E-state index contributed by atoms with van der Waals surface area (Å²) < 4.78 is 72.0. The van der Waals surface area contributed by atoms with Gasteiger partial charge >= 0.3 is 12.4 Å². The van der Waals surface area contributed by atoms with Crippen LogP contribution in [0.5, 0.6) is 0 Å². The molecule has 0 aliphatic rings. The quantitative estimate of drug-likeness (QED) is 0.629. The summed E-state index contributed by atoms with van der Waals surface area (Å²) in [6, 6.07) is 0. The minimum atomic E-state index is -5.64. The lowest BCUT2D eigenvalue weighted by atomic mass is 10.1. The van der Waals surface area contributed by atoms with Gasteiger partial charge in [0.2, 0.25) is 11.8 Å². The molecule has 0 aromatic heterocycles. The van der Waals surface area contributed by atoms with E-state index in [0.29, 0.717) is 0 Å². The van der Waals surface area contributed by atoms with E-state index in [0.717, 1.165) is 0 Å². The van der Waals surface area contributed by atoms with Gasteiger partial charge in [0.15, 0.2) is 0 Å². The third-order valence-corrected chi connectivity index (χ3v) is 1.80. The van der Waals surface area contributed by atoms with E-state index in [2.05, 4.69) is 15.9 Å². The topological polar surface area (TPSA) is 29.1 Å². The number of carbonyl (C=O) groups excluding carboxylic acids is 1. The third kappa shape index (κ3) is 5.04. The summed E-state index contributed by atoms with van der Waals surface area (Å²) in [5.74, 6) is -6.07. The number of nitrogens with one attached hydrogen (secondary N) is 1. The highest BCUT2D eigenvalue weighted by molar-refractivity contribution is 9.09. The number of halogens is 7. The maximum absolute atomic E-state index is 12.0. The van der Waals surface area contributed by atoms with Crippen LogP contribution in [0, 0.1) is 5.92 Å². The van der Waals surface area contributed by atoms with Crippen molar-refractivity contribution in [1.82, 2.24) is 5.32 Å². The van der Waals surface area contributed by atoms with Crippen molar-refractivity contribution in [2.24, 2.45) is 5.92 Å². The highest BCUT2D eigenvalue weighted by Gasteiger charge is 2.60. The third-order valence-electron chi connectivity index (χ3n) is 1.47. The summed E-state index contributed by atoms with van der Waals surface area (Å²) in [5, 5.41) is 1.57. The Morgan fingerprint density at radius 2 is 1.56 bits per heavy atom. The molecule has 9 heteroatoms. The molecule has 16 heavy (non-hydrogen) atoms. The van der Waals surface area contributed by atoms with E-state index in [1.807, 2.05) is 0 Å². The van der Waals surface area contributed by atoms with Crippen molar-refractivity contribution in [2.45, 2.75) is 24.1 Å². The van der Waals surface area contributed by atoms with Crippen LogP contribution in [0.1, 0.15) is 6.92 Å². The lowest BCUT2D eigenvalue weighted by molar-refractivity contribution is -0.274. The molecular weight excluding hydrogens is 308 g/mol. The van der Waals surface area contributed by atoms with Crippen molar-refractivity contribution in [2.75, 3.05) is 6.54 Å². The van der Waals surface area contributed by atoms with Crippen LogP contribution in [-0.2, 0) is 4.79 Å². The Morgan fingerprint density at radius 1 is 1.19 bits per heavy atom. The molecule has 0 saturated heterocycles. The molecule has 0 heterocycles. The van der Waals surface area contributed by atoms with E-state index in [9.17, 15) is 31.1 Å². The minimum absolute atomic E-state index is 0.318. The van der Waals surface area contributed by atoms with E-state index in [1.54, 1.807) is 5.32 Å². The Hall–Kier alpha value is -0.470. The highest BCUT2D eigenvalue weighted by Crippen LogP contribution is 2.39. The predicted molar refractivity (Wildman–Crippen MR) is 47.0 cm³/mol. The van der Waals surface area contributed by atoms with Crippen LogP contribution < -0.4 is 5.32 Å². The first-order chi connectivity index (χ1) is 6.96. The monoisotopic (exact) mass is 315 g/mol. The Morgan fingerprint density at radius 3 is 1.81 bits per heavy atom. The summed E-state index contributed by atoms with van der Waals surface area (Å²) in [6.45, 7) is 1.15. The molecule has 0 aliphatic carbocycles. The first kappa shape index (κ1) is 15.5. The van der Waals surface area contributed by atoms with Crippen molar-refractivity contribution in [1.29, 1.82) is 0 Å². The molecule has 0 saturated carbocycles. The lowest BCUT2D eigenvalue weighted by Gasteiger charge is -2.22. The first-order valence-electron chi connectivity index (χ1n) is 4.01. The molecule has 0 aliphatic heterocycles. The van der Waals surface area contributed by atoms with Gasteiger partial charge in [-0.2, -0.15) is 26.3 Å². The van der Waals surface area contributed by atoms with Gasteiger partial charge in [0.25, 0.3) is 0 Å². The SMILES string of the molecule is CC(Br)CNC(=O)C(C(F)(F)F)C(F)(F)F. The molecule has 1 amide bonds. The van der Waals surface area contributed by atoms with E-state index in [-0.39, 0.29) is 6.54 Å². The summed E-state index contributed by atoms with van der Waals surface area (Å²) in [5.41, 5.74) is 0. The molecule has 1 unspecified atom stereocenters. The van der Waals surface area contributed by atoms with Gasteiger partial charge in [-0.3, -0.25) is 4.79 Å². The average molecular weight is 316 g/mol. The van der Waals surface area contributed by atoms with Gasteiger partial charge in [-0.25, -0.2) is 0 Å². The summed E-state index contributed by atoms with van der Waals surface area (Å²) >= 11 is 2.88. The molecule has 0 spiro atoms. The molecule has 0 rings (SSSR count). The van der Waals surface area contributed by atoms with E-state index in [4.69, 9.17) is 0 Å². The molecule has 0 aromatic rings. The molecular formula is C7H8BrF6NO. The number of alkyl halides is 7. The maximum atomic E-state index is 12.0. The van der Waals surface area contributed by atoms with Crippen LogP contribution in [0.3, 0.4) is 0 Å². The predicted octanol–water partition coefficient (Wildman–Crippen LogP) is 2.63. The van der Waals surface area contributed by atoms with Gasteiger partial charge in [-0.05, 0) is 0 Å². The van der Waals surface area contributed by atoms with Crippen molar-refractivity contribution >= 4 is 21.8 Å². The maximum Gasteiger partial charge on any atom is 0.409 e. The number of carbonyl (C=O) groups is 1. The lowest BCUT2D eigenvalue weighted by Crippen LogP contribution is -2.48. The molecule has 0 aromatic carbocycles. The Labute approximate surface area is 95.5 Å². The number of rotatable bonds is 3. The van der Waals surface area contributed by atoms with Crippen molar-refractivity contribution < 1.29 is 31.1 Å². The van der Waals surface area contributed by atoms with Gasteiger partial charge in [-0.15, -0.1) is 0 Å². The molecule has 96 valence electrons. The van der Waals surface area contributed by atoms with E-state index < -0.39 is 29.0 Å². The fraction of sp³-hybridized carbons (Fsp3) is 0.857. The highest BCUT2D eigenvalue weighted by atomic mass is 79.9. The summed E-state index contributed by atoms with van der Waals surface area (Å²) in [6.07, 6.45) is -11.3. The van der Waals surface area contributed by atoms with Gasteiger partial charge in [-0.1, -0.05) is 22.9 Å². The normalized spacial score (nSPS) is 15.1. The summed E-state index contributed by atoms with van der Waals surface area (Å²) in [7, 11) is 0. The standard InChI is InChI=1S/C7H8BrF6NO/c1-3(8)2-15-5(16)4(6(9,10)11)7(12,13)14/h3-4H,2H2,1H3,(H,15,16). The average Bonchev–Trinajstić information content (AvgIpc) is 1.94. The van der Waals surface area contributed by atoms with Crippen LogP contribution in [0.25, 0.3) is 0 Å². The zero-order valence-corrected chi connectivity index (χ0v) is 9.50. The number of amides is 1. The Bertz CT molecular complexity index is 234. The van der Waals surface area contributed by atoms with E-state index in [1.165, 1.54) is 6.92 Å². The fourth-order valence-corrected chi connectivity index (χ4v) is 0.988. The second kappa shape index (κ2) is 5.24. The molecule has 0 bridgehead atoms. The van der Waals surface area contributed by atoms with Crippen molar-refractivity contribution in [3.63, 3.8) is 0 Å². The second-order valence-electron chi connectivity index (χ2n) is 3.04. The zero-order valence-electron chi connectivity index (χ0n) is 7.92. The minimum Gasteiger partial charge on any atom is -0.354 e. The molecule has 0 radical (unpaired) electrons. The Kier molecular flexibility index (Phi) is 5.09. The zero-order chi connectivity index (χ0) is 13.1. The number of hydrogen-bond acceptors (Lipinski definition) is 1. The smallest absolute Gasteiger partial charge is 0.354 e. The number of hydrogen-bond donors (Lipinski definition) is 1. The fourth-order valence-electron chi connectivity index (χ4n) is 0.826. The molecule has 1 atom stereocenters. The van der Waals surface area contributed by atoms with Crippen molar-refractivity contribution in [3.05, 3.63) is 0 Å². The molecule has 1 N–H and O–H groups in total. The van der Waals surface area contributed by atoms with Gasteiger partial charge < -0.3 is 5.32 Å². The Balaban J connectivity index is 4.74. The molecule has 2 nitrogen and oxygen atoms in total. The van der Waals surface area contributed by atoms with Gasteiger partial charge in [0.05, 0.1) is 0 Å². The van der Waals surface area contributed by atoms with Crippen LogP contribution in [0.4, 0.5) is 26.3 Å². The summed E-state index contributed by atoms with van der Waals surface area (Å²) in [4.78, 5) is 10.4. The van der Waals surface area contributed by atoms with Gasteiger partial charge in [0.1, 0.15) is 0 Å².